The largest absolute Gasteiger partial charge is 0.335 e. The molecule has 4 nitrogen and oxygen atoms in total. The number of hydrogen-bond acceptors (Lipinski definition) is 2. The molecule has 2 saturated heterocycles. The number of hydrogen-bond donors (Lipinski definition) is 2. The third kappa shape index (κ3) is 3.86. The van der Waals surface area contributed by atoms with Crippen molar-refractivity contribution in [3.8, 4) is 0 Å². The molecule has 2 heterocycles. The molecule has 2 atom stereocenters. The van der Waals surface area contributed by atoms with Crippen LogP contribution in [0.4, 0.5) is 10.5 Å². The van der Waals surface area contributed by atoms with Gasteiger partial charge in [0.05, 0.1) is 0 Å². The van der Waals surface area contributed by atoms with Gasteiger partial charge in [0.15, 0.2) is 0 Å². The topological polar surface area (TPSA) is 44.4 Å². The molecule has 0 saturated carbocycles. The van der Waals surface area contributed by atoms with E-state index in [4.69, 9.17) is 0 Å². The Kier molecular flexibility index (Phi) is 4.90. The van der Waals surface area contributed by atoms with Crippen LogP contribution in [0.25, 0.3) is 0 Å². The molecule has 1 aromatic rings. The first-order valence-electron chi connectivity index (χ1n) is 8.94. The number of urea groups is 1. The van der Waals surface area contributed by atoms with Crippen LogP contribution in [-0.2, 0) is 0 Å². The van der Waals surface area contributed by atoms with Gasteiger partial charge in [-0.3, -0.25) is 4.90 Å². The molecule has 23 heavy (non-hydrogen) atoms. The predicted molar refractivity (Wildman–Crippen MR) is 94.8 cm³/mol. The maximum Gasteiger partial charge on any atom is 0.319 e. The van der Waals surface area contributed by atoms with Crippen LogP contribution in [0.5, 0.6) is 0 Å². The van der Waals surface area contributed by atoms with Crippen LogP contribution in [0.1, 0.15) is 51.5 Å². The molecule has 0 aromatic heterocycles. The molecule has 2 fully saturated rings. The second kappa shape index (κ2) is 6.91. The number of nitrogens with one attached hydrogen (secondary N) is 2. The fourth-order valence-corrected chi connectivity index (χ4v) is 4.37. The molecule has 2 unspecified atom stereocenters. The number of rotatable bonds is 3. The summed E-state index contributed by atoms with van der Waals surface area (Å²) >= 11 is 0. The van der Waals surface area contributed by atoms with Crippen molar-refractivity contribution in [2.24, 2.45) is 0 Å². The summed E-state index contributed by atoms with van der Waals surface area (Å²) in [6.07, 6.45) is 6.03. The van der Waals surface area contributed by atoms with Crippen molar-refractivity contribution in [1.29, 1.82) is 0 Å². The SMILES string of the molecule is Cc1ccc(NC(=O)NC2CC3CCCC(C2)N3C(C)C)cc1. The Morgan fingerprint density at radius 2 is 1.74 bits per heavy atom. The van der Waals surface area contributed by atoms with Gasteiger partial charge in [0.2, 0.25) is 0 Å². The molecule has 0 spiro atoms. The Bertz CT molecular complexity index is 526. The summed E-state index contributed by atoms with van der Waals surface area (Å²) in [7, 11) is 0. The second-order valence-electron chi connectivity index (χ2n) is 7.41. The van der Waals surface area contributed by atoms with Gasteiger partial charge in [-0.1, -0.05) is 24.1 Å². The van der Waals surface area contributed by atoms with E-state index in [-0.39, 0.29) is 6.03 Å². The van der Waals surface area contributed by atoms with E-state index < -0.39 is 0 Å². The van der Waals surface area contributed by atoms with Crippen LogP contribution in [0.15, 0.2) is 24.3 Å². The van der Waals surface area contributed by atoms with Gasteiger partial charge in [0, 0.05) is 29.9 Å². The zero-order valence-electron chi connectivity index (χ0n) is 14.5. The van der Waals surface area contributed by atoms with Crippen LogP contribution < -0.4 is 10.6 Å². The van der Waals surface area contributed by atoms with E-state index in [9.17, 15) is 4.79 Å². The van der Waals surface area contributed by atoms with Gasteiger partial charge >= 0.3 is 6.03 Å². The molecule has 2 N–H and O–H groups in total. The van der Waals surface area contributed by atoms with Gasteiger partial charge in [-0.2, -0.15) is 0 Å². The molecule has 2 aliphatic heterocycles. The highest BCUT2D eigenvalue weighted by atomic mass is 16.2. The minimum absolute atomic E-state index is 0.0741. The predicted octanol–water partition coefficient (Wildman–Crippen LogP) is 3.91. The zero-order valence-corrected chi connectivity index (χ0v) is 14.5. The summed E-state index contributed by atoms with van der Waals surface area (Å²) < 4.78 is 0. The minimum atomic E-state index is -0.0741. The summed E-state index contributed by atoms with van der Waals surface area (Å²) in [5.41, 5.74) is 2.05. The number of amides is 2. The molecule has 2 aliphatic rings. The highest BCUT2D eigenvalue weighted by Gasteiger charge is 2.39. The van der Waals surface area contributed by atoms with Crippen molar-refractivity contribution >= 4 is 11.7 Å². The highest BCUT2D eigenvalue weighted by molar-refractivity contribution is 5.89. The molecule has 1 aromatic carbocycles. The van der Waals surface area contributed by atoms with Gasteiger partial charge in [-0.15, -0.1) is 0 Å². The number of aryl methyl sites for hydroxylation is 1. The van der Waals surface area contributed by atoms with Gasteiger partial charge < -0.3 is 10.6 Å². The first kappa shape index (κ1) is 16.3. The van der Waals surface area contributed by atoms with Gasteiger partial charge in [-0.25, -0.2) is 4.79 Å². The Morgan fingerprint density at radius 3 is 2.30 bits per heavy atom. The van der Waals surface area contributed by atoms with Gasteiger partial charge in [0.1, 0.15) is 0 Å². The number of carbonyl (C=O) groups is 1. The summed E-state index contributed by atoms with van der Waals surface area (Å²) in [6, 6.07) is 10.0. The fraction of sp³-hybridized carbons (Fsp3) is 0.632. The van der Waals surface area contributed by atoms with E-state index in [2.05, 4.69) is 29.4 Å². The van der Waals surface area contributed by atoms with Crippen LogP contribution >= 0.6 is 0 Å². The molecule has 2 bridgehead atoms. The van der Waals surface area contributed by atoms with E-state index in [1.165, 1.54) is 24.8 Å². The number of fused-ring (bicyclic) bond motifs is 2. The number of benzene rings is 1. The van der Waals surface area contributed by atoms with Crippen LogP contribution in [-0.4, -0.2) is 35.1 Å². The highest BCUT2D eigenvalue weighted by Crippen LogP contribution is 2.35. The standard InChI is InChI=1S/C19H29N3O/c1-13(2)22-17-5-4-6-18(22)12-16(11-17)21-19(23)20-15-9-7-14(3)8-10-15/h7-10,13,16-18H,4-6,11-12H2,1-3H3,(H2,20,21,23). The molecular weight excluding hydrogens is 286 g/mol. The van der Waals surface area contributed by atoms with E-state index >= 15 is 0 Å². The maximum absolute atomic E-state index is 12.3. The average Bonchev–Trinajstić information content (AvgIpc) is 2.48. The summed E-state index contributed by atoms with van der Waals surface area (Å²) in [6.45, 7) is 6.64. The third-order valence-corrected chi connectivity index (χ3v) is 5.27. The summed E-state index contributed by atoms with van der Waals surface area (Å²) in [5, 5.41) is 6.15. The minimum Gasteiger partial charge on any atom is -0.335 e. The van der Waals surface area contributed by atoms with Crippen molar-refractivity contribution in [2.45, 2.75) is 77.0 Å². The lowest BCUT2D eigenvalue weighted by molar-refractivity contribution is 0.00233. The Balaban J connectivity index is 1.56. The second-order valence-corrected chi connectivity index (χ2v) is 7.41. The van der Waals surface area contributed by atoms with Crippen molar-refractivity contribution in [3.05, 3.63) is 29.8 Å². The lowest BCUT2D eigenvalue weighted by Gasteiger charge is -2.51. The quantitative estimate of drug-likeness (QED) is 0.888. The van der Waals surface area contributed by atoms with Crippen molar-refractivity contribution in [3.63, 3.8) is 0 Å². The Labute approximate surface area is 139 Å². The van der Waals surface area contributed by atoms with Crippen molar-refractivity contribution in [2.75, 3.05) is 5.32 Å². The molecule has 0 aliphatic carbocycles. The Morgan fingerprint density at radius 1 is 1.13 bits per heavy atom. The molecule has 2 amide bonds. The Hall–Kier alpha value is -1.55. The van der Waals surface area contributed by atoms with Crippen LogP contribution in [0, 0.1) is 6.92 Å². The molecule has 3 rings (SSSR count). The van der Waals surface area contributed by atoms with Crippen molar-refractivity contribution < 1.29 is 4.79 Å². The van der Waals surface area contributed by atoms with Gasteiger partial charge in [-0.05, 0) is 58.6 Å². The number of carbonyl (C=O) groups excluding carboxylic acids is 1. The normalized spacial score (nSPS) is 27.7. The smallest absolute Gasteiger partial charge is 0.319 e. The first-order chi connectivity index (χ1) is 11.0. The third-order valence-electron chi connectivity index (χ3n) is 5.27. The molecule has 4 heteroatoms. The number of nitrogens with zero attached hydrogens (tertiary/aromatic N) is 1. The summed E-state index contributed by atoms with van der Waals surface area (Å²) in [5.74, 6) is 0. The van der Waals surface area contributed by atoms with Crippen molar-refractivity contribution in [1.82, 2.24) is 10.2 Å². The number of piperidine rings is 2. The van der Waals surface area contributed by atoms with E-state index in [1.807, 2.05) is 31.2 Å². The monoisotopic (exact) mass is 315 g/mol. The lowest BCUT2D eigenvalue weighted by Crippen LogP contribution is -2.59. The van der Waals surface area contributed by atoms with E-state index in [0.717, 1.165) is 18.5 Å². The molecular formula is C19H29N3O. The van der Waals surface area contributed by atoms with Crippen LogP contribution in [0.3, 0.4) is 0 Å². The fourth-order valence-electron chi connectivity index (χ4n) is 4.37. The number of anilines is 1. The first-order valence-corrected chi connectivity index (χ1v) is 8.94. The van der Waals surface area contributed by atoms with E-state index in [0.29, 0.717) is 24.2 Å². The average molecular weight is 315 g/mol. The van der Waals surface area contributed by atoms with Gasteiger partial charge in [0.25, 0.3) is 0 Å². The zero-order chi connectivity index (χ0) is 16.4. The summed E-state index contributed by atoms with van der Waals surface area (Å²) in [4.78, 5) is 14.9. The van der Waals surface area contributed by atoms with E-state index in [1.54, 1.807) is 0 Å². The molecule has 126 valence electrons. The lowest BCUT2D eigenvalue weighted by atomic mass is 9.81. The van der Waals surface area contributed by atoms with Crippen LogP contribution in [0.2, 0.25) is 0 Å². The molecule has 0 radical (unpaired) electrons. The maximum atomic E-state index is 12.3.